The number of carbonyl (C=O) groups excluding carboxylic acids is 2. The summed E-state index contributed by atoms with van der Waals surface area (Å²) in [7, 11) is 0. The van der Waals surface area contributed by atoms with Crippen LogP contribution >= 0.6 is 11.8 Å². The number of nitrogens with zero attached hydrogens (tertiary/aromatic N) is 4. The number of carbonyl (C=O) groups is 2. The average Bonchev–Trinajstić information content (AvgIpc) is 3.21. The van der Waals surface area contributed by atoms with Crippen LogP contribution in [0.1, 0.15) is 12.5 Å². The van der Waals surface area contributed by atoms with Crippen molar-refractivity contribution in [2.45, 2.75) is 25.5 Å². The van der Waals surface area contributed by atoms with Gasteiger partial charge in [-0.05, 0) is 26.0 Å². The Morgan fingerprint density at radius 2 is 2.00 bits per heavy atom. The maximum Gasteiger partial charge on any atom is 0.325 e. The molecule has 9 heteroatoms. The van der Waals surface area contributed by atoms with E-state index in [0.717, 1.165) is 24.7 Å². The van der Waals surface area contributed by atoms with Gasteiger partial charge in [-0.1, -0.05) is 29.5 Å². The summed E-state index contributed by atoms with van der Waals surface area (Å²) in [6.07, 6.45) is 0. The van der Waals surface area contributed by atoms with Crippen molar-refractivity contribution in [3.8, 4) is 0 Å². The summed E-state index contributed by atoms with van der Waals surface area (Å²) < 4.78 is 6.78. The zero-order chi connectivity index (χ0) is 18.5. The van der Waals surface area contributed by atoms with Crippen LogP contribution < -0.4 is 10.2 Å². The number of ether oxygens (including phenoxy) is 1. The van der Waals surface area contributed by atoms with E-state index >= 15 is 0 Å². The molecule has 0 atom stereocenters. The molecule has 8 nitrogen and oxygen atoms in total. The first-order valence-corrected chi connectivity index (χ1v) is 9.39. The molecule has 0 unspecified atom stereocenters. The highest BCUT2D eigenvalue weighted by atomic mass is 32.2. The number of hydrogen-bond acceptors (Lipinski definition) is 7. The highest BCUT2D eigenvalue weighted by Crippen LogP contribution is 2.31. The number of aromatic nitrogens is 3. The number of hydrogen-bond donors (Lipinski definition) is 1. The molecule has 1 aromatic carbocycles. The summed E-state index contributed by atoms with van der Waals surface area (Å²) in [5.41, 5.74) is 2.28. The first-order valence-electron chi connectivity index (χ1n) is 8.41. The quantitative estimate of drug-likeness (QED) is 0.579. The van der Waals surface area contributed by atoms with Crippen LogP contribution in [0, 0.1) is 6.92 Å². The molecule has 1 N–H and O–H groups in total. The molecule has 1 aliphatic rings. The van der Waals surface area contributed by atoms with Crippen LogP contribution in [0.5, 0.6) is 0 Å². The van der Waals surface area contributed by atoms with Crippen molar-refractivity contribution in [2.24, 2.45) is 0 Å². The van der Waals surface area contributed by atoms with Gasteiger partial charge in [0.05, 0.1) is 12.4 Å². The third kappa shape index (κ3) is 4.16. The van der Waals surface area contributed by atoms with Crippen LogP contribution in [-0.4, -0.2) is 52.1 Å². The smallest absolute Gasteiger partial charge is 0.325 e. The molecule has 1 amide bonds. The minimum absolute atomic E-state index is 0.119. The molecule has 1 aliphatic heterocycles. The fraction of sp³-hybridized carbons (Fsp3) is 0.412. The molecule has 2 heterocycles. The van der Waals surface area contributed by atoms with Crippen LogP contribution in [-0.2, 0) is 20.9 Å². The molecule has 0 saturated heterocycles. The minimum Gasteiger partial charge on any atom is -0.465 e. The summed E-state index contributed by atoms with van der Waals surface area (Å²) >= 11 is 1.30. The van der Waals surface area contributed by atoms with Crippen molar-refractivity contribution >= 4 is 35.3 Å². The van der Waals surface area contributed by atoms with Crippen molar-refractivity contribution in [1.29, 1.82) is 0 Å². The van der Waals surface area contributed by atoms with E-state index < -0.39 is 5.97 Å². The highest BCUT2D eigenvalue weighted by Gasteiger charge is 2.26. The minimum atomic E-state index is -0.442. The Morgan fingerprint density at radius 3 is 2.73 bits per heavy atom. The molecule has 138 valence electrons. The predicted octanol–water partition coefficient (Wildman–Crippen LogP) is 1.51. The van der Waals surface area contributed by atoms with Gasteiger partial charge in [-0.3, -0.25) is 14.2 Å². The van der Waals surface area contributed by atoms with Gasteiger partial charge >= 0.3 is 5.97 Å². The second kappa shape index (κ2) is 8.22. The van der Waals surface area contributed by atoms with Crippen molar-refractivity contribution < 1.29 is 14.3 Å². The molecule has 2 aromatic rings. The van der Waals surface area contributed by atoms with E-state index in [1.165, 1.54) is 17.3 Å². The van der Waals surface area contributed by atoms with Gasteiger partial charge in [0.15, 0.2) is 5.16 Å². The Morgan fingerprint density at radius 1 is 1.23 bits per heavy atom. The number of esters is 1. The van der Waals surface area contributed by atoms with E-state index in [1.807, 2.05) is 4.57 Å². The van der Waals surface area contributed by atoms with Gasteiger partial charge in [0.1, 0.15) is 6.54 Å². The average molecular weight is 375 g/mol. The molecular weight excluding hydrogens is 354 g/mol. The highest BCUT2D eigenvalue weighted by molar-refractivity contribution is 7.99. The van der Waals surface area contributed by atoms with Crippen molar-refractivity contribution in [3.63, 3.8) is 0 Å². The largest absolute Gasteiger partial charge is 0.465 e. The molecule has 1 aromatic heterocycles. The number of amides is 1. The summed E-state index contributed by atoms with van der Waals surface area (Å²) in [4.78, 5) is 25.2. The second-order valence-electron chi connectivity index (χ2n) is 5.79. The molecule has 26 heavy (non-hydrogen) atoms. The molecule has 0 fully saturated rings. The first kappa shape index (κ1) is 18.2. The molecule has 3 rings (SSSR count). The van der Waals surface area contributed by atoms with E-state index in [4.69, 9.17) is 4.74 Å². The second-order valence-corrected chi connectivity index (χ2v) is 6.73. The SMILES string of the molecule is CCOC(=O)CNC(=O)CSc1nnc2n1CCN2c1ccc(C)cc1. The number of rotatable bonds is 7. The molecule has 0 aliphatic carbocycles. The molecular formula is C17H21N5O3S. The van der Waals surface area contributed by atoms with Gasteiger partial charge in [0.25, 0.3) is 0 Å². The molecule has 0 radical (unpaired) electrons. The Labute approximate surface area is 155 Å². The van der Waals surface area contributed by atoms with Crippen molar-refractivity contribution in [1.82, 2.24) is 20.1 Å². The van der Waals surface area contributed by atoms with Crippen LogP contribution in [0.15, 0.2) is 29.4 Å². The summed E-state index contributed by atoms with van der Waals surface area (Å²) in [6.45, 7) is 5.54. The zero-order valence-electron chi connectivity index (χ0n) is 14.8. The predicted molar refractivity (Wildman–Crippen MR) is 98.6 cm³/mol. The topological polar surface area (TPSA) is 89.3 Å². The Balaban J connectivity index is 1.57. The fourth-order valence-corrected chi connectivity index (χ4v) is 3.41. The molecule has 0 saturated carbocycles. The van der Waals surface area contributed by atoms with Crippen LogP contribution in [0.3, 0.4) is 0 Å². The first-order chi connectivity index (χ1) is 12.6. The third-order valence-corrected chi connectivity index (χ3v) is 4.87. The van der Waals surface area contributed by atoms with Crippen molar-refractivity contribution in [3.05, 3.63) is 29.8 Å². The third-order valence-electron chi connectivity index (χ3n) is 3.90. The maximum absolute atomic E-state index is 11.9. The van der Waals surface area contributed by atoms with Crippen LogP contribution in [0.25, 0.3) is 0 Å². The lowest BCUT2D eigenvalue weighted by Gasteiger charge is -2.15. The lowest BCUT2D eigenvalue weighted by atomic mass is 10.2. The lowest BCUT2D eigenvalue weighted by Crippen LogP contribution is -2.31. The number of benzene rings is 1. The van der Waals surface area contributed by atoms with E-state index in [9.17, 15) is 9.59 Å². The van der Waals surface area contributed by atoms with Crippen LogP contribution in [0.4, 0.5) is 11.6 Å². The van der Waals surface area contributed by atoms with Gasteiger partial charge in [-0.2, -0.15) is 0 Å². The zero-order valence-corrected chi connectivity index (χ0v) is 15.6. The van der Waals surface area contributed by atoms with Gasteiger partial charge in [0.2, 0.25) is 11.9 Å². The van der Waals surface area contributed by atoms with Gasteiger partial charge in [0, 0.05) is 18.8 Å². The lowest BCUT2D eigenvalue weighted by molar-refractivity contribution is -0.143. The maximum atomic E-state index is 11.9. The van der Waals surface area contributed by atoms with E-state index in [-0.39, 0.29) is 18.2 Å². The number of fused-ring (bicyclic) bond motifs is 1. The number of anilines is 2. The standard InChI is InChI=1S/C17H21N5O3S/c1-3-25-15(24)10-18-14(23)11-26-17-20-19-16-21(8-9-22(16)17)13-6-4-12(2)5-7-13/h4-7H,3,8-11H2,1-2H3,(H,18,23). The number of nitrogens with one attached hydrogen (secondary N) is 1. The number of aryl methyl sites for hydroxylation is 1. The Kier molecular flexibility index (Phi) is 5.77. The van der Waals surface area contributed by atoms with E-state index in [0.29, 0.717) is 11.8 Å². The van der Waals surface area contributed by atoms with E-state index in [2.05, 4.69) is 51.6 Å². The number of thioether (sulfide) groups is 1. The van der Waals surface area contributed by atoms with Crippen molar-refractivity contribution in [2.75, 3.05) is 30.3 Å². The molecule has 0 bridgehead atoms. The van der Waals surface area contributed by atoms with Gasteiger partial charge in [-0.15, -0.1) is 10.2 Å². The normalized spacial score (nSPS) is 12.8. The van der Waals surface area contributed by atoms with Crippen LogP contribution in [0.2, 0.25) is 0 Å². The Hall–Kier alpha value is -2.55. The summed E-state index contributed by atoms with van der Waals surface area (Å²) in [6, 6.07) is 8.26. The summed E-state index contributed by atoms with van der Waals surface area (Å²) in [5.74, 6) is 0.266. The Bertz CT molecular complexity index is 790. The van der Waals surface area contributed by atoms with Gasteiger partial charge < -0.3 is 15.0 Å². The molecule has 0 spiro atoms. The fourth-order valence-electron chi connectivity index (χ4n) is 2.62. The summed E-state index contributed by atoms with van der Waals surface area (Å²) in [5, 5.41) is 11.7. The van der Waals surface area contributed by atoms with Gasteiger partial charge in [-0.25, -0.2) is 0 Å². The van der Waals surface area contributed by atoms with E-state index in [1.54, 1.807) is 6.92 Å². The monoisotopic (exact) mass is 375 g/mol.